The summed E-state index contributed by atoms with van der Waals surface area (Å²) in [4.78, 5) is 12.1. The number of carboxylic acid groups (broad SMARTS) is 1. The van der Waals surface area contributed by atoms with E-state index in [1.165, 1.54) is 12.1 Å². The van der Waals surface area contributed by atoms with E-state index in [1.807, 2.05) is 39.0 Å². The maximum atomic E-state index is 13.6. The van der Waals surface area contributed by atoms with Gasteiger partial charge in [0, 0.05) is 17.5 Å². The molecule has 5 nitrogen and oxygen atoms in total. The van der Waals surface area contributed by atoms with Crippen LogP contribution in [-0.2, 0) is 16.0 Å². The predicted octanol–water partition coefficient (Wildman–Crippen LogP) is 5.31. The van der Waals surface area contributed by atoms with Crippen molar-refractivity contribution in [3.63, 3.8) is 0 Å². The summed E-state index contributed by atoms with van der Waals surface area (Å²) in [6.07, 6.45) is 0.0708. The average Bonchev–Trinajstić information content (AvgIpc) is 2.71. The van der Waals surface area contributed by atoms with Crippen LogP contribution in [0, 0.1) is 23.5 Å². The first-order valence-corrected chi connectivity index (χ1v) is 11.0. The molecule has 2 aromatic carbocycles. The van der Waals surface area contributed by atoms with Crippen molar-refractivity contribution in [3.05, 3.63) is 59.2 Å². The SMILES string of the molecule is CCOc1ccc2c(c1)[C@H]1O[C@@H](CCc3cc(F)cc(F)c3)[C@@H](C(=O)O)C[C@@H]1C(C)(C)O2. The zero-order valence-corrected chi connectivity index (χ0v) is 18.4. The highest BCUT2D eigenvalue weighted by atomic mass is 19.1. The van der Waals surface area contributed by atoms with Gasteiger partial charge in [-0.15, -0.1) is 0 Å². The molecule has 0 aromatic heterocycles. The monoisotopic (exact) mass is 446 g/mol. The summed E-state index contributed by atoms with van der Waals surface area (Å²) in [5, 5.41) is 9.90. The number of aliphatic carboxylic acids is 1. The maximum Gasteiger partial charge on any atom is 0.309 e. The number of fused-ring (bicyclic) bond motifs is 3. The topological polar surface area (TPSA) is 65.0 Å². The molecule has 0 radical (unpaired) electrons. The van der Waals surface area contributed by atoms with Crippen LogP contribution in [0.25, 0.3) is 0 Å². The highest BCUT2D eigenvalue weighted by molar-refractivity contribution is 5.71. The zero-order valence-electron chi connectivity index (χ0n) is 18.4. The van der Waals surface area contributed by atoms with Crippen molar-refractivity contribution in [1.29, 1.82) is 0 Å². The molecule has 172 valence electrons. The second-order valence-corrected chi connectivity index (χ2v) is 9.04. The maximum absolute atomic E-state index is 13.6. The lowest BCUT2D eigenvalue weighted by Gasteiger charge is -2.50. The number of carboxylic acids is 1. The van der Waals surface area contributed by atoms with Gasteiger partial charge in [-0.05, 0) is 75.9 Å². The fourth-order valence-electron chi connectivity index (χ4n) is 4.92. The molecular weight excluding hydrogens is 418 g/mol. The van der Waals surface area contributed by atoms with Crippen molar-refractivity contribution in [1.82, 2.24) is 0 Å². The minimum Gasteiger partial charge on any atom is -0.494 e. The Kier molecular flexibility index (Phi) is 6.12. The summed E-state index contributed by atoms with van der Waals surface area (Å²) < 4.78 is 45.5. The number of ether oxygens (including phenoxy) is 3. The molecule has 1 fully saturated rings. The van der Waals surface area contributed by atoms with Crippen LogP contribution in [0.1, 0.15) is 50.8 Å². The Labute approximate surface area is 186 Å². The van der Waals surface area contributed by atoms with Crippen molar-refractivity contribution in [2.45, 2.75) is 57.8 Å². The average molecular weight is 446 g/mol. The van der Waals surface area contributed by atoms with Crippen LogP contribution in [0.2, 0.25) is 0 Å². The predicted molar refractivity (Wildman–Crippen MR) is 114 cm³/mol. The van der Waals surface area contributed by atoms with Gasteiger partial charge < -0.3 is 19.3 Å². The number of rotatable bonds is 6. The second-order valence-electron chi connectivity index (χ2n) is 9.04. The summed E-state index contributed by atoms with van der Waals surface area (Å²) in [5.41, 5.74) is 0.699. The number of carbonyl (C=O) groups is 1. The summed E-state index contributed by atoms with van der Waals surface area (Å²) in [6.45, 7) is 6.32. The van der Waals surface area contributed by atoms with E-state index in [0.717, 1.165) is 11.6 Å². The zero-order chi connectivity index (χ0) is 23.0. The molecule has 0 unspecified atom stereocenters. The highest BCUT2D eigenvalue weighted by Crippen LogP contribution is 2.53. The number of hydrogen-bond donors (Lipinski definition) is 1. The van der Waals surface area contributed by atoms with Crippen LogP contribution in [0.15, 0.2) is 36.4 Å². The standard InChI is InChI=1S/C25H28F2O5/c1-4-30-17-6-8-22-18(12-17)23-20(25(2,3)32-22)13-19(24(28)29)21(31-23)7-5-14-9-15(26)11-16(27)10-14/h6,8-12,19-21,23H,4-5,7,13H2,1-3H3,(H,28,29)/t19-,20-,21-,23+/m0/s1. The van der Waals surface area contributed by atoms with Crippen molar-refractivity contribution in [2.24, 2.45) is 11.8 Å². The third-order valence-electron chi connectivity index (χ3n) is 6.47. The molecule has 0 saturated carbocycles. The lowest BCUT2D eigenvalue weighted by molar-refractivity contribution is -0.188. The minimum absolute atomic E-state index is 0.171. The van der Waals surface area contributed by atoms with Gasteiger partial charge in [-0.1, -0.05) is 0 Å². The molecule has 2 aliphatic rings. The first-order valence-electron chi connectivity index (χ1n) is 11.0. The molecule has 2 heterocycles. The molecule has 1 saturated heterocycles. The van der Waals surface area contributed by atoms with Crippen LogP contribution in [-0.4, -0.2) is 29.4 Å². The van der Waals surface area contributed by atoms with Crippen molar-refractivity contribution in [2.75, 3.05) is 6.61 Å². The van der Waals surface area contributed by atoms with Crippen LogP contribution >= 0.6 is 0 Å². The molecule has 7 heteroatoms. The number of halogens is 2. The number of aryl methyl sites for hydroxylation is 1. The molecule has 0 amide bonds. The normalized spacial score (nSPS) is 25.9. The molecule has 2 aromatic rings. The van der Waals surface area contributed by atoms with Crippen molar-refractivity contribution < 1.29 is 32.9 Å². The highest BCUT2D eigenvalue weighted by Gasteiger charge is 2.52. The molecular formula is C25H28F2O5. The quantitative estimate of drug-likeness (QED) is 0.651. The van der Waals surface area contributed by atoms with Gasteiger partial charge in [0.25, 0.3) is 0 Å². The third-order valence-corrected chi connectivity index (χ3v) is 6.47. The molecule has 0 spiro atoms. The summed E-state index contributed by atoms with van der Waals surface area (Å²) >= 11 is 0. The second kappa shape index (κ2) is 8.70. The summed E-state index contributed by atoms with van der Waals surface area (Å²) in [7, 11) is 0. The Balaban J connectivity index is 1.63. The van der Waals surface area contributed by atoms with Gasteiger partial charge in [0.05, 0.1) is 24.7 Å². The first-order chi connectivity index (χ1) is 15.2. The van der Waals surface area contributed by atoms with Gasteiger partial charge in [-0.2, -0.15) is 0 Å². The number of benzene rings is 2. The minimum atomic E-state index is -0.941. The van der Waals surface area contributed by atoms with Gasteiger partial charge in [0.1, 0.15) is 28.7 Å². The van der Waals surface area contributed by atoms with E-state index in [4.69, 9.17) is 14.2 Å². The van der Waals surface area contributed by atoms with Gasteiger partial charge in [-0.25, -0.2) is 8.78 Å². The van der Waals surface area contributed by atoms with Gasteiger partial charge in [0.2, 0.25) is 0 Å². The van der Waals surface area contributed by atoms with E-state index in [1.54, 1.807) is 0 Å². The fourth-order valence-corrected chi connectivity index (χ4v) is 4.92. The fraction of sp³-hybridized carbons (Fsp3) is 0.480. The smallest absolute Gasteiger partial charge is 0.309 e. The van der Waals surface area contributed by atoms with Gasteiger partial charge in [-0.3, -0.25) is 4.79 Å². The van der Waals surface area contributed by atoms with Crippen LogP contribution in [0.5, 0.6) is 11.5 Å². The first kappa shape index (κ1) is 22.5. The van der Waals surface area contributed by atoms with Gasteiger partial charge in [0.15, 0.2) is 0 Å². The van der Waals surface area contributed by atoms with Gasteiger partial charge >= 0.3 is 5.97 Å². The Morgan fingerprint density at radius 2 is 1.91 bits per heavy atom. The van der Waals surface area contributed by atoms with Crippen LogP contribution in [0.3, 0.4) is 0 Å². The molecule has 4 atom stereocenters. The van der Waals surface area contributed by atoms with Crippen LogP contribution < -0.4 is 9.47 Å². The van der Waals surface area contributed by atoms with E-state index in [9.17, 15) is 18.7 Å². The lowest BCUT2D eigenvalue weighted by atomic mass is 9.71. The largest absolute Gasteiger partial charge is 0.494 e. The molecule has 32 heavy (non-hydrogen) atoms. The van der Waals surface area contributed by atoms with E-state index in [2.05, 4.69) is 0 Å². The Morgan fingerprint density at radius 3 is 2.56 bits per heavy atom. The van der Waals surface area contributed by atoms with Crippen LogP contribution in [0.4, 0.5) is 8.78 Å². The molecule has 0 aliphatic carbocycles. The van der Waals surface area contributed by atoms with Crippen molar-refractivity contribution in [3.8, 4) is 11.5 Å². The molecule has 2 aliphatic heterocycles. The third kappa shape index (κ3) is 4.44. The summed E-state index contributed by atoms with van der Waals surface area (Å²) in [6, 6.07) is 8.96. The molecule has 0 bridgehead atoms. The number of hydrogen-bond acceptors (Lipinski definition) is 4. The van der Waals surface area contributed by atoms with Crippen molar-refractivity contribution >= 4 is 5.97 Å². The van der Waals surface area contributed by atoms with E-state index in [-0.39, 0.29) is 12.0 Å². The van der Waals surface area contributed by atoms with E-state index in [0.29, 0.717) is 42.9 Å². The Bertz CT molecular complexity index is 986. The van der Waals surface area contributed by atoms with E-state index >= 15 is 0 Å². The lowest BCUT2D eigenvalue weighted by Crippen LogP contribution is -2.52. The Morgan fingerprint density at radius 1 is 1.19 bits per heavy atom. The molecule has 1 N–H and O–H groups in total. The van der Waals surface area contributed by atoms with E-state index < -0.39 is 35.2 Å². The Hall–Kier alpha value is -2.67. The molecule has 4 rings (SSSR count). The summed E-state index contributed by atoms with van der Waals surface area (Å²) in [5.74, 6) is -1.76.